The van der Waals surface area contributed by atoms with E-state index < -0.39 is 5.97 Å². The van der Waals surface area contributed by atoms with Gasteiger partial charge in [-0.2, -0.15) is 0 Å². The van der Waals surface area contributed by atoms with E-state index in [1.54, 1.807) is 26.0 Å². The van der Waals surface area contributed by atoms with Gasteiger partial charge in [0.2, 0.25) is 5.43 Å². The highest BCUT2D eigenvalue weighted by molar-refractivity contribution is 5.85. The highest BCUT2D eigenvalue weighted by Gasteiger charge is 2.19. The highest BCUT2D eigenvalue weighted by atomic mass is 16.6. The molecule has 1 aliphatic rings. The zero-order chi connectivity index (χ0) is 22.7. The summed E-state index contributed by atoms with van der Waals surface area (Å²) in [4.78, 5) is 25.1. The third-order valence-corrected chi connectivity index (χ3v) is 5.32. The molecule has 0 N–H and O–H groups in total. The first kappa shape index (κ1) is 21.7. The number of carbonyl (C=O) groups is 1. The van der Waals surface area contributed by atoms with E-state index in [0.29, 0.717) is 64.7 Å². The van der Waals surface area contributed by atoms with Crippen molar-refractivity contribution in [2.75, 3.05) is 26.4 Å². The van der Waals surface area contributed by atoms with Gasteiger partial charge in [0.1, 0.15) is 17.1 Å². The van der Waals surface area contributed by atoms with Crippen LogP contribution < -0.4 is 19.6 Å². The molecule has 0 spiro atoms. The molecule has 0 bridgehead atoms. The summed E-state index contributed by atoms with van der Waals surface area (Å²) in [5.41, 5.74) is 2.27. The van der Waals surface area contributed by atoms with Gasteiger partial charge in [-0.15, -0.1) is 0 Å². The third kappa shape index (κ3) is 4.28. The van der Waals surface area contributed by atoms with Gasteiger partial charge in [-0.3, -0.25) is 4.79 Å². The maximum atomic E-state index is 13.5. The lowest BCUT2D eigenvalue weighted by Crippen LogP contribution is -2.15. The van der Waals surface area contributed by atoms with Crippen LogP contribution in [0.5, 0.6) is 17.2 Å². The van der Waals surface area contributed by atoms with Crippen molar-refractivity contribution in [3.8, 4) is 28.4 Å². The molecule has 1 aromatic heterocycles. The lowest BCUT2D eigenvalue weighted by molar-refractivity contribution is -0.145. The van der Waals surface area contributed by atoms with Gasteiger partial charge in [-0.05, 0) is 49.6 Å². The molecule has 0 aliphatic carbocycles. The largest absolute Gasteiger partial charge is 0.490 e. The maximum absolute atomic E-state index is 13.5. The fourth-order valence-corrected chi connectivity index (χ4v) is 3.78. The monoisotopic (exact) mass is 438 g/mol. The Balaban J connectivity index is 1.76. The molecular formula is C25H26O7. The normalized spacial score (nSPS) is 13.0. The van der Waals surface area contributed by atoms with Crippen molar-refractivity contribution < 1.29 is 28.2 Å². The summed E-state index contributed by atoms with van der Waals surface area (Å²) < 4.78 is 28.1. The molecule has 0 amide bonds. The molecule has 0 radical (unpaired) electrons. The first-order chi connectivity index (χ1) is 15.5. The van der Waals surface area contributed by atoms with Crippen molar-refractivity contribution >= 4 is 16.9 Å². The number of aryl methyl sites for hydroxylation is 2. The van der Waals surface area contributed by atoms with Gasteiger partial charge in [-0.25, -0.2) is 4.79 Å². The quantitative estimate of drug-likeness (QED) is 0.526. The van der Waals surface area contributed by atoms with Crippen LogP contribution in [0, 0.1) is 6.92 Å². The predicted octanol–water partition coefficient (Wildman–Crippen LogP) is 4.43. The molecule has 0 fully saturated rings. The van der Waals surface area contributed by atoms with Gasteiger partial charge in [0.05, 0.1) is 30.8 Å². The summed E-state index contributed by atoms with van der Waals surface area (Å²) in [6, 6.07) is 8.93. The van der Waals surface area contributed by atoms with E-state index >= 15 is 0 Å². The molecule has 0 unspecified atom stereocenters. The van der Waals surface area contributed by atoms with Crippen LogP contribution in [-0.2, 0) is 16.0 Å². The molecule has 168 valence electrons. The van der Waals surface area contributed by atoms with Crippen LogP contribution in [0.25, 0.3) is 22.1 Å². The molecule has 0 atom stereocenters. The van der Waals surface area contributed by atoms with Gasteiger partial charge < -0.3 is 23.4 Å². The summed E-state index contributed by atoms with van der Waals surface area (Å²) in [6.45, 7) is 6.71. The Labute approximate surface area is 185 Å². The molecule has 2 heterocycles. The minimum atomic E-state index is -0.447. The van der Waals surface area contributed by atoms with Crippen molar-refractivity contribution in [3.63, 3.8) is 0 Å². The summed E-state index contributed by atoms with van der Waals surface area (Å²) in [5, 5.41) is 0.457. The second-order valence-corrected chi connectivity index (χ2v) is 7.48. The Morgan fingerprint density at radius 1 is 1.06 bits per heavy atom. The zero-order valence-corrected chi connectivity index (χ0v) is 18.5. The van der Waals surface area contributed by atoms with Crippen LogP contribution in [0.2, 0.25) is 0 Å². The Kier molecular flexibility index (Phi) is 6.35. The van der Waals surface area contributed by atoms with Crippen LogP contribution in [-0.4, -0.2) is 32.4 Å². The van der Waals surface area contributed by atoms with E-state index in [9.17, 15) is 9.59 Å². The fourth-order valence-electron chi connectivity index (χ4n) is 3.78. The van der Waals surface area contributed by atoms with Crippen molar-refractivity contribution in [2.45, 2.75) is 33.6 Å². The van der Waals surface area contributed by atoms with Crippen LogP contribution in [0.1, 0.15) is 31.6 Å². The van der Waals surface area contributed by atoms with Crippen LogP contribution in [0.3, 0.4) is 0 Å². The number of ether oxygens (including phenoxy) is 4. The van der Waals surface area contributed by atoms with Crippen LogP contribution in [0.4, 0.5) is 0 Å². The van der Waals surface area contributed by atoms with Crippen LogP contribution >= 0.6 is 0 Å². The number of fused-ring (bicyclic) bond motifs is 2. The Hall–Kier alpha value is -3.48. The van der Waals surface area contributed by atoms with Crippen LogP contribution in [0.15, 0.2) is 39.5 Å². The second kappa shape index (κ2) is 9.34. The van der Waals surface area contributed by atoms with Crippen molar-refractivity contribution in [3.05, 3.63) is 51.9 Å². The molecule has 3 aromatic rings. The van der Waals surface area contributed by atoms with Gasteiger partial charge in [0, 0.05) is 12.5 Å². The van der Waals surface area contributed by atoms with Crippen molar-refractivity contribution in [1.29, 1.82) is 0 Å². The molecule has 1 aliphatic heterocycles. The Morgan fingerprint density at radius 2 is 1.84 bits per heavy atom. The number of esters is 1. The van der Waals surface area contributed by atoms with E-state index in [1.165, 1.54) is 0 Å². The van der Waals surface area contributed by atoms with E-state index in [2.05, 4.69) is 0 Å². The Morgan fingerprint density at radius 3 is 2.59 bits per heavy atom. The molecule has 32 heavy (non-hydrogen) atoms. The molecule has 7 nitrogen and oxygen atoms in total. The van der Waals surface area contributed by atoms with E-state index in [4.69, 9.17) is 23.4 Å². The van der Waals surface area contributed by atoms with Gasteiger partial charge >= 0.3 is 5.97 Å². The lowest BCUT2D eigenvalue weighted by Gasteiger charge is -2.14. The Bertz CT molecular complexity index is 1210. The SMILES string of the molecule is CCOC(=O)COc1cc2oc(C)c(-c3ccc4c(c3)OCCCO4)c(=O)c2cc1CC. The fraction of sp³-hybridized carbons (Fsp3) is 0.360. The minimum absolute atomic E-state index is 0.134. The van der Waals surface area contributed by atoms with Gasteiger partial charge in [0.25, 0.3) is 0 Å². The van der Waals surface area contributed by atoms with E-state index in [0.717, 1.165) is 12.0 Å². The van der Waals surface area contributed by atoms with E-state index in [-0.39, 0.29) is 18.6 Å². The zero-order valence-electron chi connectivity index (χ0n) is 18.5. The number of rotatable bonds is 6. The molecular weight excluding hydrogens is 412 g/mol. The summed E-state index contributed by atoms with van der Waals surface area (Å²) in [7, 11) is 0. The maximum Gasteiger partial charge on any atom is 0.344 e. The summed E-state index contributed by atoms with van der Waals surface area (Å²) >= 11 is 0. The molecule has 7 heteroatoms. The number of hydrogen-bond donors (Lipinski definition) is 0. The standard InChI is InChI=1S/C25H26O7/c1-4-16-11-18-21(13-20(16)31-14-23(26)28-5-2)32-15(3)24(25(18)27)17-7-8-19-22(12-17)30-10-6-9-29-19/h7-8,11-13H,4-6,9-10,14H2,1-3H3. The average Bonchev–Trinajstić information content (AvgIpc) is 3.02. The molecule has 2 aromatic carbocycles. The van der Waals surface area contributed by atoms with Gasteiger partial charge in [-0.1, -0.05) is 13.0 Å². The molecule has 4 rings (SSSR count). The summed E-state index contributed by atoms with van der Waals surface area (Å²) in [6.07, 6.45) is 1.43. The molecule has 0 saturated carbocycles. The van der Waals surface area contributed by atoms with Gasteiger partial charge in [0.15, 0.2) is 18.1 Å². The first-order valence-electron chi connectivity index (χ1n) is 10.8. The van der Waals surface area contributed by atoms with Crippen molar-refractivity contribution in [1.82, 2.24) is 0 Å². The van der Waals surface area contributed by atoms with Crippen molar-refractivity contribution in [2.24, 2.45) is 0 Å². The minimum Gasteiger partial charge on any atom is -0.490 e. The molecule has 0 saturated heterocycles. The number of benzene rings is 2. The number of hydrogen-bond acceptors (Lipinski definition) is 7. The highest BCUT2D eigenvalue weighted by Crippen LogP contribution is 2.35. The predicted molar refractivity (Wildman–Crippen MR) is 120 cm³/mol. The lowest BCUT2D eigenvalue weighted by atomic mass is 10.0. The first-order valence-corrected chi connectivity index (χ1v) is 10.8. The van der Waals surface area contributed by atoms with E-state index in [1.807, 2.05) is 25.1 Å². The smallest absolute Gasteiger partial charge is 0.344 e. The summed E-state index contributed by atoms with van der Waals surface area (Å²) in [5.74, 6) is 1.83. The third-order valence-electron chi connectivity index (χ3n) is 5.32. The second-order valence-electron chi connectivity index (χ2n) is 7.48. The number of carbonyl (C=O) groups excluding carboxylic acids is 1. The average molecular weight is 438 g/mol. The topological polar surface area (TPSA) is 84.2 Å².